The molecule has 1 heterocycles. The third-order valence-corrected chi connectivity index (χ3v) is 5.51. The highest BCUT2D eigenvalue weighted by Gasteiger charge is 2.42. The van der Waals surface area contributed by atoms with Crippen molar-refractivity contribution in [2.75, 3.05) is 18.9 Å². The van der Waals surface area contributed by atoms with Gasteiger partial charge < -0.3 is 19.9 Å². The lowest BCUT2D eigenvalue weighted by Crippen LogP contribution is -2.47. The normalized spacial score (nSPS) is 17.7. The second kappa shape index (κ2) is 10.2. The Morgan fingerprint density at radius 2 is 1.81 bits per heavy atom. The fraction of sp³-hybridized carbons (Fsp3) is 0.318. The number of benzene rings is 2. The minimum Gasteiger partial charge on any atom is -0.461 e. The number of nitrogens with zero attached hydrogens (tertiary/aromatic N) is 2. The molecule has 2 aromatic rings. The molecule has 7 nitrogen and oxygen atoms in total. The second-order valence-electron chi connectivity index (χ2n) is 7.51. The standard InChI is InChI=1S/C22H22Cl2FN3O4/c1-13(29)32-17-10-20(21(30)27(2)11-14-3-5-15(23)6-4-14)28(12-17)22(31)26-19-8-7-16(24)9-18(19)25/h3-9,17,20H,10-12H2,1-2H3,(H,26,31)/t17-,20?/m0/s1. The third-order valence-electron chi connectivity index (χ3n) is 5.02. The van der Waals surface area contributed by atoms with E-state index in [0.717, 1.165) is 11.6 Å². The SMILES string of the molecule is CC(=O)O[C@H]1CC(C(=O)N(C)Cc2ccc(Cl)cc2)N(C(=O)Nc2ccc(Cl)cc2F)C1. The summed E-state index contributed by atoms with van der Waals surface area (Å²) in [5.41, 5.74) is 0.787. The van der Waals surface area contributed by atoms with Gasteiger partial charge in [-0.15, -0.1) is 0 Å². The second-order valence-corrected chi connectivity index (χ2v) is 8.38. The molecule has 2 aromatic carbocycles. The summed E-state index contributed by atoms with van der Waals surface area (Å²) in [6, 6.07) is 9.33. The fourth-order valence-corrected chi connectivity index (χ4v) is 3.83. The highest BCUT2D eigenvalue weighted by atomic mass is 35.5. The highest BCUT2D eigenvalue weighted by molar-refractivity contribution is 6.30. The fourth-order valence-electron chi connectivity index (χ4n) is 3.55. The number of nitrogens with one attached hydrogen (secondary N) is 1. The lowest BCUT2D eigenvalue weighted by molar-refractivity contribution is -0.146. The molecule has 0 bridgehead atoms. The number of rotatable bonds is 5. The maximum atomic E-state index is 14.1. The molecule has 1 aliphatic rings. The maximum Gasteiger partial charge on any atom is 0.322 e. The molecule has 0 aromatic heterocycles. The summed E-state index contributed by atoms with van der Waals surface area (Å²) < 4.78 is 19.4. The molecular weight excluding hydrogens is 460 g/mol. The number of anilines is 1. The van der Waals surface area contributed by atoms with Gasteiger partial charge in [0, 0.05) is 37.0 Å². The first-order valence-corrected chi connectivity index (χ1v) is 10.6. The van der Waals surface area contributed by atoms with Crippen molar-refractivity contribution in [3.05, 3.63) is 63.9 Å². The summed E-state index contributed by atoms with van der Waals surface area (Å²) in [4.78, 5) is 40.2. The van der Waals surface area contributed by atoms with Gasteiger partial charge >= 0.3 is 12.0 Å². The van der Waals surface area contributed by atoms with E-state index >= 15 is 0 Å². The van der Waals surface area contributed by atoms with E-state index in [1.54, 1.807) is 31.3 Å². The number of amides is 3. The van der Waals surface area contributed by atoms with Gasteiger partial charge in [-0.2, -0.15) is 0 Å². The Labute approximate surface area is 195 Å². The number of carbonyl (C=O) groups excluding carboxylic acids is 3. The van der Waals surface area contributed by atoms with Crippen molar-refractivity contribution in [2.24, 2.45) is 0 Å². The monoisotopic (exact) mass is 481 g/mol. The van der Waals surface area contributed by atoms with Gasteiger partial charge in [-0.05, 0) is 35.9 Å². The average Bonchev–Trinajstić information content (AvgIpc) is 3.14. The van der Waals surface area contributed by atoms with Gasteiger partial charge in [0.2, 0.25) is 5.91 Å². The molecule has 32 heavy (non-hydrogen) atoms. The maximum absolute atomic E-state index is 14.1. The molecule has 3 rings (SSSR count). The lowest BCUT2D eigenvalue weighted by atomic mass is 10.1. The van der Waals surface area contributed by atoms with Crippen LogP contribution in [0.5, 0.6) is 0 Å². The Kier molecular flexibility index (Phi) is 7.58. The number of hydrogen-bond donors (Lipinski definition) is 1. The van der Waals surface area contributed by atoms with E-state index in [2.05, 4.69) is 5.32 Å². The van der Waals surface area contributed by atoms with E-state index in [0.29, 0.717) is 11.6 Å². The van der Waals surface area contributed by atoms with Crippen LogP contribution in [-0.4, -0.2) is 53.4 Å². The molecule has 1 aliphatic heterocycles. The van der Waals surface area contributed by atoms with E-state index in [-0.39, 0.29) is 29.6 Å². The summed E-state index contributed by atoms with van der Waals surface area (Å²) in [6.45, 7) is 1.56. The lowest BCUT2D eigenvalue weighted by Gasteiger charge is -2.28. The number of halogens is 3. The van der Waals surface area contributed by atoms with Gasteiger partial charge in [0.1, 0.15) is 18.0 Å². The first-order valence-electron chi connectivity index (χ1n) is 9.83. The number of likely N-dealkylation sites (tertiary alicyclic amines) is 1. The summed E-state index contributed by atoms with van der Waals surface area (Å²) in [5, 5.41) is 3.23. The first-order chi connectivity index (χ1) is 15.1. The Hall–Kier alpha value is -2.84. The van der Waals surface area contributed by atoms with Crippen LogP contribution in [0.2, 0.25) is 10.0 Å². The molecule has 0 aliphatic carbocycles. The smallest absolute Gasteiger partial charge is 0.322 e. The van der Waals surface area contributed by atoms with Crippen LogP contribution in [0, 0.1) is 5.82 Å². The van der Waals surface area contributed by atoms with Gasteiger partial charge in [0.25, 0.3) is 0 Å². The minimum absolute atomic E-state index is 0.00577. The van der Waals surface area contributed by atoms with Crippen molar-refractivity contribution in [3.63, 3.8) is 0 Å². The molecule has 1 N–H and O–H groups in total. The van der Waals surface area contributed by atoms with E-state index in [4.69, 9.17) is 27.9 Å². The number of esters is 1. The molecule has 1 saturated heterocycles. The van der Waals surface area contributed by atoms with Gasteiger partial charge in [-0.3, -0.25) is 9.59 Å². The Morgan fingerprint density at radius 3 is 2.44 bits per heavy atom. The number of hydrogen-bond acceptors (Lipinski definition) is 4. The Bertz CT molecular complexity index is 1020. The molecule has 3 amide bonds. The molecule has 10 heteroatoms. The van der Waals surface area contributed by atoms with Crippen LogP contribution in [0.25, 0.3) is 0 Å². The molecule has 0 saturated carbocycles. The highest BCUT2D eigenvalue weighted by Crippen LogP contribution is 2.25. The van der Waals surface area contributed by atoms with Crippen molar-refractivity contribution in [3.8, 4) is 0 Å². The van der Waals surface area contributed by atoms with Crippen LogP contribution in [-0.2, 0) is 20.9 Å². The van der Waals surface area contributed by atoms with E-state index < -0.39 is 30.0 Å². The van der Waals surface area contributed by atoms with Crippen molar-refractivity contribution in [2.45, 2.75) is 32.0 Å². The van der Waals surface area contributed by atoms with Crippen LogP contribution < -0.4 is 5.32 Å². The number of likely N-dealkylation sites (N-methyl/N-ethyl adjacent to an activating group) is 1. The molecular formula is C22H22Cl2FN3O4. The Morgan fingerprint density at radius 1 is 1.16 bits per heavy atom. The number of ether oxygens (including phenoxy) is 1. The van der Waals surface area contributed by atoms with Crippen LogP contribution in [0.4, 0.5) is 14.9 Å². The molecule has 0 spiro atoms. The van der Waals surface area contributed by atoms with Crippen LogP contribution in [0.1, 0.15) is 18.9 Å². The van der Waals surface area contributed by atoms with E-state index in [1.807, 2.05) is 0 Å². The van der Waals surface area contributed by atoms with Crippen LogP contribution in [0.3, 0.4) is 0 Å². The zero-order valence-electron chi connectivity index (χ0n) is 17.5. The van der Waals surface area contributed by atoms with Crippen molar-refractivity contribution < 1.29 is 23.5 Å². The Balaban J connectivity index is 1.76. The number of carbonyl (C=O) groups is 3. The zero-order valence-corrected chi connectivity index (χ0v) is 19.0. The zero-order chi connectivity index (χ0) is 23.4. The molecule has 170 valence electrons. The quantitative estimate of drug-likeness (QED) is 0.644. The average molecular weight is 482 g/mol. The summed E-state index contributed by atoms with van der Waals surface area (Å²) in [7, 11) is 1.62. The van der Waals surface area contributed by atoms with Gasteiger partial charge in [0.15, 0.2) is 0 Å². The summed E-state index contributed by atoms with van der Waals surface area (Å²) >= 11 is 11.7. The van der Waals surface area contributed by atoms with Crippen molar-refractivity contribution in [1.29, 1.82) is 0 Å². The largest absolute Gasteiger partial charge is 0.461 e. The van der Waals surface area contributed by atoms with Crippen LogP contribution in [0.15, 0.2) is 42.5 Å². The van der Waals surface area contributed by atoms with Crippen molar-refractivity contribution >= 4 is 46.8 Å². The topological polar surface area (TPSA) is 79.0 Å². The third kappa shape index (κ3) is 5.89. The van der Waals surface area contributed by atoms with Crippen LogP contribution >= 0.6 is 23.2 Å². The van der Waals surface area contributed by atoms with E-state index in [1.165, 1.54) is 28.9 Å². The van der Waals surface area contributed by atoms with Crippen molar-refractivity contribution in [1.82, 2.24) is 9.80 Å². The van der Waals surface area contributed by atoms with Gasteiger partial charge in [0.05, 0.1) is 12.2 Å². The van der Waals surface area contributed by atoms with E-state index in [9.17, 15) is 18.8 Å². The minimum atomic E-state index is -0.882. The first kappa shape index (κ1) is 23.8. The molecule has 0 radical (unpaired) electrons. The molecule has 2 atom stereocenters. The van der Waals surface area contributed by atoms with Gasteiger partial charge in [-0.1, -0.05) is 35.3 Å². The predicted octanol–water partition coefficient (Wildman–Crippen LogP) is 4.33. The predicted molar refractivity (Wildman–Crippen MR) is 119 cm³/mol. The van der Waals surface area contributed by atoms with Gasteiger partial charge in [-0.25, -0.2) is 9.18 Å². The molecule has 1 unspecified atom stereocenters. The summed E-state index contributed by atoms with van der Waals surface area (Å²) in [5.74, 6) is -1.55. The summed E-state index contributed by atoms with van der Waals surface area (Å²) in [6.07, 6.45) is -0.508. The molecule has 1 fully saturated rings. The number of urea groups is 1.